The number of amides is 4. The van der Waals surface area contributed by atoms with Gasteiger partial charge in [-0.2, -0.15) is 0 Å². The SMILES string of the molecule is O=C(CCCN1C(=O)c2ccccc2C1=O)NCCNC(=O)C1CCCO1. The summed E-state index contributed by atoms with van der Waals surface area (Å²) in [6, 6.07) is 6.71. The van der Waals surface area contributed by atoms with E-state index in [1.807, 2.05) is 0 Å². The van der Waals surface area contributed by atoms with Crippen molar-refractivity contribution in [2.45, 2.75) is 31.8 Å². The summed E-state index contributed by atoms with van der Waals surface area (Å²) in [6.45, 7) is 1.48. The summed E-state index contributed by atoms with van der Waals surface area (Å²) in [4.78, 5) is 49.2. The molecule has 0 radical (unpaired) electrons. The van der Waals surface area contributed by atoms with Crippen LogP contribution in [0.2, 0.25) is 0 Å². The van der Waals surface area contributed by atoms with Gasteiger partial charge in [0.2, 0.25) is 11.8 Å². The van der Waals surface area contributed by atoms with Crippen molar-refractivity contribution in [3.05, 3.63) is 35.4 Å². The summed E-state index contributed by atoms with van der Waals surface area (Å²) in [6.07, 6.45) is 1.84. The lowest BCUT2D eigenvalue weighted by molar-refractivity contribution is -0.130. The Morgan fingerprint density at radius 3 is 2.37 bits per heavy atom. The molecule has 3 rings (SSSR count). The van der Waals surface area contributed by atoms with E-state index in [2.05, 4.69) is 10.6 Å². The van der Waals surface area contributed by atoms with Crippen LogP contribution in [0.1, 0.15) is 46.4 Å². The third kappa shape index (κ3) is 4.51. The molecule has 2 aliphatic heterocycles. The quantitative estimate of drug-likeness (QED) is 0.509. The molecule has 1 unspecified atom stereocenters. The van der Waals surface area contributed by atoms with Crippen LogP contribution in [0.4, 0.5) is 0 Å². The number of nitrogens with zero attached hydrogens (tertiary/aromatic N) is 1. The third-order valence-electron chi connectivity index (χ3n) is 4.63. The molecular weight excluding hydrogens is 350 g/mol. The van der Waals surface area contributed by atoms with Gasteiger partial charge in [-0.15, -0.1) is 0 Å². The van der Waals surface area contributed by atoms with Crippen molar-refractivity contribution in [3.63, 3.8) is 0 Å². The zero-order valence-corrected chi connectivity index (χ0v) is 15.0. The van der Waals surface area contributed by atoms with Gasteiger partial charge in [0.05, 0.1) is 11.1 Å². The zero-order valence-electron chi connectivity index (χ0n) is 15.0. The molecule has 1 atom stereocenters. The highest BCUT2D eigenvalue weighted by Crippen LogP contribution is 2.22. The first kappa shape index (κ1) is 19.0. The van der Waals surface area contributed by atoms with Crippen LogP contribution in [0.15, 0.2) is 24.3 Å². The molecule has 0 saturated carbocycles. The van der Waals surface area contributed by atoms with E-state index in [4.69, 9.17) is 4.74 Å². The summed E-state index contributed by atoms with van der Waals surface area (Å²) >= 11 is 0. The molecule has 1 saturated heterocycles. The van der Waals surface area contributed by atoms with E-state index in [1.165, 1.54) is 4.90 Å². The molecular formula is C19H23N3O5. The molecule has 1 aromatic rings. The number of imide groups is 1. The number of benzene rings is 1. The monoisotopic (exact) mass is 373 g/mol. The predicted octanol–water partition coefficient (Wildman–Crippen LogP) is 0.474. The van der Waals surface area contributed by atoms with Crippen molar-refractivity contribution in [1.29, 1.82) is 0 Å². The fourth-order valence-electron chi connectivity index (χ4n) is 3.21. The minimum atomic E-state index is -0.375. The van der Waals surface area contributed by atoms with Crippen LogP contribution in [0.3, 0.4) is 0 Å². The van der Waals surface area contributed by atoms with Crippen LogP contribution < -0.4 is 10.6 Å². The number of carbonyl (C=O) groups excluding carboxylic acids is 4. The van der Waals surface area contributed by atoms with Crippen LogP contribution in [0.25, 0.3) is 0 Å². The summed E-state index contributed by atoms with van der Waals surface area (Å²) in [5, 5.41) is 5.44. The smallest absolute Gasteiger partial charge is 0.261 e. The van der Waals surface area contributed by atoms with E-state index in [0.29, 0.717) is 37.2 Å². The van der Waals surface area contributed by atoms with E-state index in [1.54, 1.807) is 24.3 Å². The number of hydrogen-bond donors (Lipinski definition) is 2. The van der Waals surface area contributed by atoms with Crippen LogP contribution in [0, 0.1) is 0 Å². The van der Waals surface area contributed by atoms with Gasteiger partial charge in [-0.05, 0) is 31.4 Å². The zero-order chi connectivity index (χ0) is 19.2. The standard InChI is InChI=1S/C19H23N3O5/c23-16(20-9-10-21-17(24)15-7-4-12-27-15)8-3-11-22-18(25)13-5-1-2-6-14(13)19(22)26/h1-2,5-6,15H,3-4,7-12H2,(H,20,23)(H,21,24). The van der Waals surface area contributed by atoms with E-state index in [0.717, 1.165) is 12.8 Å². The topological polar surface area (TPSA) is 105 Å². The molecule has 8 nitrogen and oxygen atoms in total. The molecule has 1 fully saturated rings. The highest BCUT2D eigenvalue weighted by atomic mass is 16.5. The highest BCUT2D eigenvalue weighted by Gasteiger charge is 2.34. The average Bonchev–Trinajstić information content (AvgIpc) is 3.29. The van der Waals surface area contributed by atoms with Crippen molar-refractivity contribution >= 4 is 23.6 Å². The first-order chi connectivity index (χ1) is 13.1. The maximum absolute atomic E-state index is 12.2. The first-order valence-electron chi connectivity index (χ1n) is 9.19. The van der Waals surface area contributed by atoms with E-state index in [9.17, 15) is 19.2 Å². The van der Waals surface area contributed by atoms with Gasteiger partial charge in [-0.25, -0.2) is 0 Å². The Morgan fingerprint density at radius 1 is 1.07 bits per heavy atom. The number of hydrogen-bond acceptors (Lipinski definition) is 5. The molecule has 8 heteroatoms. The number of nitrogens with one attached hydrogen (secondary N) is 2. The number of carbonyl (C=O) groups is 4. The van der Waals surface area contributed by atoms with Crippen molar-refractivity contribution in [2.24, 2.45) is 0 Å². The molecule has 0 spiro atoms. The van der Waals surface area contributed by atoms with Gasteiger partial charge in [0, 0.05) is 32.7 Å². The van der Waals surface area contributed by atoms with Crippen molar-refractivity contribution < 1.29 is 23.9 Å². The summed E-state index contributed by atoms with van der Waals surface area (Å²) in [5.74, 6) is -0.953. The lowest BCUT2D eigenvalue weighted by Gasteiger charge is -2.13. The largest absolute Gasteiger partial charge is 0.368 e. The molecule has 2 N–H and O–H groups in total. The summed E-state index contributed by atoms with van der Waals surface area (Å²) in [7, 11) is 0. The maximum Gasteiger partial charge on any atom is 0.261 e. The fraction of sp³-hybridized carbons (Fsp3) is 0.474. The van der Waals surface area contributed by atoms with Crippen molar-refractivity contribution in [2.75, 3.05) is 26.2 Å². The van der Waals surface area contributed by atoms with Crippen LogP contribution in [-0.2, 0) is 14.3 Å². The molecule has 1 aromatic carbocycles. The van der Waals surface area contributed by atoms with Crippen molar-refractivity contribution in [3.8, 4) is 0 Å². The normalized spacial score (nSPS) is 18.5. The Kier molecular flexibility index (Phi) is 6.18. The predicted molar refractivity (Wildman–Crippen MR) is 96.0 cm³/mol. The van der Waals surface area contributed by atoms with Gasteiger partial charge in [0.1, 0.15) is 6.10 Å². The van der Waals surface area contributed by atoms with Crippen LogP contribution >= 0.6 is 0 Å². The first-order valence-corrected chi connectivity index (χ1v) is 9.19. The van der Waals surface area contributed by atoms with Crippen LogP contribution in [0.5, 0.6) is 0 Å². The summed E-state index contributed by atoms with van der Waals surface area (Å²) < 4.78 is 5.28. The molecule has 0 aliphatic carbocycles. The molecule has 4 amide bonds. The van der Waals surface area contributed by atoms with Gasteiger partial charge in [-0.3, -0.25) is 24.1 Å². The van der Waals surface area contributed by atoms with Gasteiger partial charge in [-0.1, -0.05) is 12.1 Å². The molecule has 2 aliphatic rings. The Labute approximate surface area is 157 Å². The molecule has 2 heterocycles. The molecule has 144 valence electrons. The minimum absolute atomic E-state index is 0.146. The summed E-state index contributed by atoms with van der Waals surface area (Å²) in [5.41, 5.74) is 0.822. The van der Waals surface area contributed by atoms with Gasteiger partial charge in [0.25, 0.3) is 11.8 Å². The van der Waals surface area contributed by atoms with E-state index >= 15 is 0 Å². The molecule has 27 heavy (non-hydrogen) atoms. The third-order valence-corrected chi connectivity index (χ3v) is 4.63. The Hall–Kier alpha value is -2.74. The lowest BCUT2D eigenvalue weighted by Crippen LogP contribution is -2.39. The number of fused-ring (bicyclic) bond motifs is 1. The van der Waals surface area contributed by atoms with Crippen LogP contribution in [-0.4, -0.2) is 60.9 Å². The fourth-order valence-corrected chi connectivity index (χ4v) is 3.21. The van der Waals surface area contributed by atoms with E-state index in [-0.39, 0.29) is 42.7 Å². The Bertz CT molecular complexity index is 708. The second-order valence-electron chi connectivity index (χ2n) is 6.55. The number of ether oxygens (including phenoxy) is 1. The second kappa shape index (κ2) is 8.77. The Morgan fingerprint density at radius 2 is 1.74 bits per heavy atom. The molecule has 0 bridgehead atoms. The Balaban J connectivity index is 1.31. The maximum atomic E-state index is 12.2. The van der Waals surface area contributed by atoms with Gasteiger partial charge < -0.3 is 15.4 Å². The highest BCUT2D eigenvalue weighted by molar-refractivity contribution is 6.21. The minimum Gasteiger partial charge on any atom is -0.368 e. The van der Waals surface area contributed by atoms with E-state index < -0.39 is 0 Å². The number of rotatable bonds is 8. The van der Waals surface area contributed by atoms with Gasteiger partial charge in [0.15, 0.2) is 0 Å². The lowest BCUT2D eigenvalue weighted by atomic mass is 10.1. The molecule has 0 aromatic heterocycles. The van der Waals surface area contributed by atoms with Crippen molar-refractivity contribution in [1.82, 2.24) is 15.5 Å². The second-order valence-corrected chi connectivity index (χ2v) is 6.55. The van der Waals surface area contributed by atoms with Gasteiger partial charge >= 0.3 is 0 Å². The average molecular weight is 373 g/mol.